The Morgan fingerprint density at radius 2 is 1.77 bits per heavy atom. The second-order valence-corrected chi connectivity index (χ2v) is 7.13. The lowest BCUT2D eigenvalue weighted by molar-refractivity contribution is 0.811. The molecule has 0 radical (unpaired) electrons. The highest BCUT2D eigenvalue weighted by Gasteiger charge is 2.11. The molecule has 0 N–H and O–H groups in total. The predicted molar refractivity (Wildman–Crippen MR) is 103 cm³/mol. The highest BCUT2D eigenvalue weighted by molar-refractivity contribution is 7.15. The topological polar surface area (TPSA) is 64.3 Å². The number of halogens is 1. The maximum Gasteiger partial charge on any atom is 0.296 e. The quantitative estimate of drug-likeness (QED) is 0.546. The summed E-state index contributed by atoms with van der Waals surface area (Å²) in [5.74, 6) is 0. The molecular weight excluding hydrogens is 370 g/mol. The molecule has 0 aliphatic rings. The molecular formula is C19H12ClN3O2S. The van der Waals surface area contributed by atoms with Crippen molar-refractivity contribution >= 4 is 34.0 Å². The highest BCUT2D eigenvalue weighted by atomic mass is 35.5. The average Bonchev–Trinajstić information content (AvgIpc) is 2.93. The molecule has 0 bridgehead atoms. The molecule has 4 aromatic rings. The third-order valence-corrected chi connectivity index (χ3v) is 5.04. The van der Waals surface area contributed by atoms with Gasteiger partial charge in [-0.25, -0.2) is 0 Å². The summed E-state index contributed by atoms with van der Waals surface area (Å²) in [6.07, 6.45) is 2.06. The second-order valence-electron chi connectivity index (χ2n) is 5.69. The lowest BCUT2D eigenvalue weighted by atomic mass is 10.1. The van der Waals surface area contributed by atoms with Gasteiger partial charge in [0.1, 0.15) is 5.69 Å². The fourth-order valence-corrected chi connectivity index (χ4v) is 3.58. The molecule has 128 valence electrons. The molecule has 0 aliphatic heterocycles. The molecule has 26 heavy (non-hydrogen) atoms. The lowest BCUT2D eigenvalue weighted by Gasteiger charge is -2.00. The molecule has 0 fully saturated rings. The molecule has 2 aromatic heterocycles. The van der Waals surface area contributed by atoms with E-state index in [-0.39, 0.29) is 11.3 Å². The summed E-state index contributed by atoms with van der Waals surface area (Å²) >= 11 is 7.03. The van der Waals surface area contributed by atoms with Gasteiger partial charge in [-0.15, -0.1) is 0 Å². The molecule has 0 saturated heterocycles. The third kappa shape index (κ3) is 3.29. The predicted octanol–water partition coefficient (Wildman–Crippen LogP) is 2.30. The van der Waals surface area contributed by atoms with E-state index in [1.165, 1.54) is 4.52 Å². The van der Waals surface area contributed by atoms with Crippen molar-refractivity contribution in [3.8, 4) is 0 Å². The summed E-state index contributed by atoms with van der Waals surface area (Å²) in [5, 5.41) is 4.86. The number of rotatable bonds is 3. The molecule has 0 atom stereocenters. The summed E-state index contributed by atoms with van der Waals surface area (Å²) in [4.78, 5) is 29.2. The Hall–Kier alpha value is -2.83. The Labute approximate surface area is 156 Å². The van der Waals surface area contributed by atoms with Gasteiger partial charge in [0.15, 0.2) is 0 Å². The van der Waals surface area contributed by atoms with Gasteiger partial charge in [-0.1, -0.05) is 65.4 Å². The van der Waals surface area contributed by atoms with Crippen LogP contribution in [0.4, 0.5) is 0 Å². The van der Waals surface area contributed by atoms with E-state index < -0.39 is 5.56 Å². The van der Waals surface area contributed by atoms with Gasteiger partial charge >= 0.3 is 0 Å². The largest absolute Gasteiger partial charge is 0.296 e. The molecule has 0 saturated carbocycles. The van der Waals surface area contributed by atoms with E-state index in [2.05, 4.69) is 10.1 Å². The number of hydrogen-bond donors (Lipinski definition) is 0. The van der Waals surface area contributed by atoms with E-state index in [0.717, 1.165) is 22.5 Å². The fourth-order valence-electron chi connectivity index (χ4n) is 2.55. The Balaban J connectivity index is 1.80. The molecule has 7 heteroatoms. The van der Waals surface area contributed by atoms with Crippen LogP contribution < -0.4 is 15.7 Å². The van der Waals surface area contributed by atoms with E-state index in [0.29, 0.717) is 20.9 Å². The molecule has 0 spiro atoms. The normalized spacial score (nSPS) is 12.0. The maximum absolute atomic E-state index is 12.6. The number of hydrogen-bond acceptors (Lipinski definition) is 5. The molecule has 0 unspecified atom stereocenters. The first-order valence-electron chi connectivity index (χ1n) is 7.84. The summed E-state index contributed by atoms with van der Waals surface area (Å²) in [7, 11) is 0. The number of benzene rings is 2. The van der Waals surface area contributed by atoms with Crippen molar-refractivity contribution in [1.82, 2.24) is 14.6 Å². The van der Waals surface area contributed by atoms with Crippen molar-refractivity contribution in [1.29, 1.82) is 0 Å². The lowest BCUT2D eigenvalue weighted by Crippen LogP contribution is -2.28. The molecule has 2 aromatic carbocycles. The first-order valence-corrected chi connectivity index (χ1v) is 9.03. The van der Waals surface area contributed by atoms with E-state index in [9.17, 15) is 9.59 Å². The van der Waals surface area contributed by atoms with Gasteiger partial charge in [0, 0.05) is 11.4 Å². The summed E-state index contributed by atoms with van der Waals surface area (Å²) in [6.45, 7) is 0. The summed E-state index contributed by atoms with van der Waals surface area (Å²) in [6, 6.07) is 16.6. The van der Waals surface area contributed by atoms with Gasteiger partial charge in [0.2, 0.25) is 4.96 Å². The molecule has 4 rings (SSSR count). The monoisotopic (exact) mass is 381 g/mol. The highest BCUT2D eigenvalue weighted by Crippen LogP contribution is 2.11. The Morgan fingerprint density at radius 3 is 2.50 bits per heavy atom. The zero-order chi connectivity index (χ0) is 18.1. The van der Waals surface area contributed by atoms with Crippen LogP contribution in [0.1, 0.15) is 16.8 Å². The maximum atomic E-state index is 12.6. The van der Waals surface area contributed by atoms with Crippen molar-refractivity contribution in [2.24, 2.45) is 0 Å². The van der Waals surface area contributed by atoms with Gasteiger partial charge in [-0.3, -0.25) is 9.59 Å². The smallest absolute Gasteiger partial charge is 0.266 e. The van der Waals surface area contributed by atoms with Crippen LogP contribution in [-0.4, -0.2) is 14.6 Å². The van der Waals surface area contributed by atoms with Crippen LogP contribution in [0.2, 0.25) is 5.02 Å². The molecule has 5 nitrogen and oxygen atoms in total. The van der Waals surface area contributed by atoms with E-state index >= 15 is 0 Å². The molecule has 2 heterocycles. The van der Waals surface area contributed by atoms with Crippen LogP contribution >= 0.6 is 22.9 Å². The van der Waals surface area contributed by atoms with Gasteiger partial charge in [-0.05, 0) is 29.3 Å². The van der Waals surface area contributed by atoms with Crippen LogP contribution in [0.3, 0.4) is 0 Å². The van der Waals surface area contributed by atoms with Gasteiger partial charge in [0.05, 0.1) is 4.53 Å². The Morgan fingerprint density at radius 1 is 1.04 bits per heavy atom. The zero-order valence-electron chi connectivity index (χ0n) is 13.4. The van der Waals surface area contributed by atoms with Crippen molar-refractivity contribution in [2.45, 2.75) is 6.42 Å². The van der Waals surface area contributed by atoms with Crippen LogP contribution in [0.15, 0.2) is 64.2 Å². The first-order chi connectivity index (χ1) is 12.6. The summed E-state index contributed by atoms with van der Waals surface area (Å²) in [5.41, 5.74) is 1.30. The van der Waals surface area contributed by atoms with E-state index in [1.807, 2.05) is 42.5 Å². The third-order valence-electron chi connectivity index (χ3n) is 3.83. The minimum atomic E-state index is -0.424. The van der Waals surface area contributed by atoms with Gasteiger partial charge < -0.3 is 0 Å². The van der Waals surface area contributed by atoms with Crippen molar-refractivity contribution in [3.63, 3.8) is 0 Å². The zero-order valence-corrected chi connectivity index (χ0v) is 15.0. The fraction of sp³-hybridized carbons (Fsp3) is 0.0526. The SMILES string of the molecule is O=c1nc2sc(=Cc3ccccc3)c(=O)n2nc1Cc1ccc(Cl)cc1. The van der Waals surface area contributed by atoms with Gasteiger partial charge in [0.25, 0.3) is 11.1 Å². The number of nitrogens with zero attached hydrogens (tertiary/aromatic N) is 3. The number of aromatic nitrogens is 3. The minimum Gasteiger partial charge on any atom is -0.266 e. The number of thiazole rings is 1. The average molecular weight is 382 g/mol. The van der Waals surface area contributed by atoms with Crippen LogP contribution in [-0.2, 0) is 6.42 Å². The minimum absolute atomic E-state index is 0.228. The van der Waals surface area contributed by atoms with Crippen molar-refractivity contribution < 1.29 is 0 Å². The Bertz CT molecular complexity index is 1250. The van der Waals surface area contributed by atoms with Crippen molar-refractivity contribution in [2.75, 3.05) is 0 Å². The van der Waals surface area contributed by atoms with E-state index in [4.69, 9.17) is 11.6 Å². The standard InChI is InChI=1S/C19H12ClN3O2S/c20-14-8-6-13(7-9-14)10-15-17(24)21-19-23(22-15)18(25)16(26-19)11-12-4-2-1-3-5-12/h1-9,11H,10H2. The van der Waals surface area contributed by atoms with Crippen LogP contribution in [0.5, 0.6) is 0 Å². The van der Waals surface area contributed by atoms with E-state index in [1.54, 1.807) is 18.2 Å². The summed E-state index contributed by atoms with van der Waals surface area (Å²) < 4.78 is 1.69. The van der Waals surface area contributed by atoms with Gasteiger partial charge in [-0.2, -0.15) is 14.6 Å². The first kappa shape index (κ1) is 16.6. The van der Waals surface area contributed by atoms with Crippen molar-refractivity contribution in [3.05, 3.63) is 102 Å². The second kappa shape index (κ2) is 6.82. The van der Waals surface area contributed by atoms with Crippen LogP contribution in [0, 0.1) is 0 Å². The van der Waals surface area contributed by atoms with Crippen LogP contribution in [0.25, 0.3) is 11.0 Å². The Kier molecular flexibility index (Phi) is 4.36. The molecule has 0 amide bonds. The molecule has 0 aliphatic carbocycles. The number of fused-ring (bicyclic) bond motifs is 1.